The maximum absolute atomic E-state index is 10.8. The molecule has 1 atom stereocenters. The SMILES string of the molecule is Cc1ccc(CNCC(C)C(N)=O)cn1. The third-order valence-corrected chi connectivity index (χ3v) is 2.24. The van der Waals surface area contributed by atoms with Gasteiger partial charge in [-0.1, -0.05) is 13.0 Å². The van der Waals surface area contributed by atoms with Crippen LogP contribution in [0.3, 0.4) is 0 Å². The molecule has 15 heavy (non-hydrogen) atoms. The van der Waals surface area contributed by atoms with Gasteiger partial charge in [0.1, 0.15) is 0 Å². The number of nitrogens with zero attached hydrogens (tertiary/aromatic N) is 1. The fourth-order valence-corrected chi connectivity index (χ4v) is 1.14. The van der Waals surface area contributed by atoms with Crippen molar-refractivity contribution in [2.24, 2.45) is 11.7 Å². The molecule has 3 N–H and O–H groups in total. The molecule has 0 bridgehead atoms. The van der Waals surface area contributed by atoms with Crippen LogP contribution in [-0.4, -0.2) is 17.4 Å². The Hall–Kier alpha value is -1.42. The minimum atomic E-state index is -0.274. The molecule has 0 aliphatic rings. The van der Waals surface area contributed by atoms with Gasteiger partial charge in [-0.2, -0.15) is 0 Å². The first-order chi connectivity index (χ1) is 7.09. The van der Waals surface area contributed by atoms with Gasteiger partial charge in [-0.05, 0) is 18.6 Å². The molecule has 0 aromatic carbocycles. The molecule has 1 heterocycles. The molecule has 0 aliphatic carbocycles. The summed E-state index contributed by atoms with van der Waals surface area (Å²) < 4.78 is 0. The zero-order valence-corrected chi connectivity index (χ0v) is 9.16. The normalized spacial score (nSPS) is 12.4. The van der Waals surface area contributed by atoms with Crippen molar-refractivity contribution in [3.8, 4) is 0 Å². The van der Waals surface area contributed by atoms with E-state index in [1.54, 1.807) is 0 Å². The molecule has 4 heteroatoms. The summed E-state index contributed by atoms with van der Waals surface area (Å²) in [6.07, 6.45) is 1.83. The van der Waals surface area contributed by atoms with Gasteiger partial charge in [0.25, 0.3) is 0 Å². The van der Waals surface area contributed by atoms with Gasteiger partial charge in [0.2, 0.25) is 5.91 Å². The van der Waals surface area contributed by atoms with Crippen molar-refractivity contribution in [3.63, 3.8) is 0 Å². The third-order valence-electron chi connectivity index (χ3n) is 2.24. The number of aryl methyl sites for hydroxylation is 1. The number of carbonyl (C=O) groups excluding carboxylic acids is 1. The quantitative estimate of drug-likeness (QED) is 0.743. The Morgan fingerprint density at radius 3 is 2.87 bits per heavy atom. The van der Waals surface area contributed by atoms with Crippen LogP contribution in [0, 0.1) is 12.8 Å². The maximum Gasteiger partial charge on any atom is 0.221 e. The largest absolute Gasteiger partial charge is 0.369 e. The average molecular weight is 207 g/mol. The van der Waals surface area contributed by atoms with Crippen LogP contribution in [0.25, 0.3) is 0 Å². The van der Waals surface area contributed by atoms with Gasteiger partial charge in [-0.25, -0.2) is 0 Å². The minimum Gasteiger partial charge on any atom is -0.369 e. The molecule has 0 aliphatic heterocycles. The number of pyridine rings is 1. The molecule has 0 saturated carbocycles. The molecule has 0 fully saturated rings. The van der Waals surface area contributed by atoms with E-state index in [0.29, 0.717) is 13.1 Å². The van der Waals surface area contributed by atoms with Crippen molar-refractivity contribution in [2.45, 2.75) is 20.4 Å². The van der Waals surface area contributed by atoms with Gasteiger partial charge >= 0.3 is 0 Å². The van der Waals surface area contributed by atoms with Crippen molar-refractivity contribution in [1.82, 2.24) is 10.3 Å². The van der Waals surface area contributed by atoms with E-state index < -0.39 is 0 Å². The van der Waals surface area contributed by atoms with Crippen molar-refractivity contribution >= 4 is 5.91 Å². The van der Waals surface area contributed by atoms with Crippen LogP contribution in [0.4, 0.5) is 0 Å². The zero-order chi connectivity index (χ0) is 11.3. The number of primary amides is 1. The molecule has 1 unspecified atom stereocenters. The third kappa shape index (κ3) is 4.08. The van der Waals surface area contributed by atoms with E-state index in [2.05, 4.69) is 10.3 Å². The summed E-state index contributed by atoms with van der Waals surface area (Å²) in [5.41, 5.74) is 7.26. The summed E-state index contributed by atoms with van der Waals surface area (Å²) in [4.78, 5) is 14.9. The second kappa shape index (κ2) is 5.46. The highest BCUT2D eigenvalue weighted by Crippen LogP contribution is 1.99. The van der Waals surface area contributed by atoms with E-state index in [1.807, 2.05) is 32.2 Å². The Bertz CT molecular complexity index is 321. The summed E-state index contributed by atoms with van der Waals surface area (Å²) in [6.45, 7) is 5.07. The van der Waals surface area contributed by atoms with Crippen LogP contribution < -0.4 is 11.1 Å². The van der Waals surface area contributed by atoms with E-state index in [1.165, 1.54) is 0 Å². The number of aromatic nitrogens is 1. The molecular weight excluding hydrogens is 190 g/mol. The summed E-state index contributed by atoms with van der Waals surface area (Å²) in [6, 6.07) is 3.98. The highest BCUT2D eigenvalue weighted by Gasteiger charge is 2.06. The molecular formula is C11H17N3O. The van der Waals surface area contributed by atoms with Crippen LogP contribution >= 0.6 is 0 Å². The fourth-order valence-electron chi connectivity index (χ4n) is 1.14. The number of rotatable bonds is 5. The molecule has 1 aromatic rings. The van der Waals surface area contributed by atoms with E-state index in [9.17, 15) is 4.79 Å². The standard InChI is InChI=1S/C11H17N3O/c1-8(11(12)15)5-13-6-10-4-3-9(2)14-7-10/h3-4,7-8,13H,5-6H2,1-2H3,(H2,12,15). The Morgan fingerprint density at radius 1 is 1.60 bits per heavy atom. The highest BCUT2D eigenvalue weighted by molar-refractivity contribution is 5.76. The number of hydrogen-bond donors (Lipinski definition) is 2. The Labute approximate surface area is 89.9 Å². The lowest BCUT2D eigenvalue weighted by Gasteiger charge is -2.08. The molecule has 1 aromatic heterocycles. The maximum atomic E-state index is 10.8. The molecule has 4 nitrogen and oxygen atoms in total. The van der Waals surface area contributed by atoms with Gasteiger partial charge in [-0.15, -0.1) is 0 Å². The van der Waals surface area contributed by atoms with Crippen molar-refractivity contribution in [1.29, 1.82) is 0 Å². The molecule has 1 amide bonds. The van der Waals surface area contributed by atoms with Gasteiger partial charge in [0.15, 0.2) is 0 Å². The minimum absolute atomic E-state index is 0.136. The van der Waals surface area contributed by atoms with Gasteiger partial charge in [0, 0.05) is 30.9 Å². The van der Waals surface area contributed by atoms with Crippen LogP contribution in [0.1, 0.15) is 18.2 Å². The first-order valence-electron chi connectivity index (χ1n) is 5.01. The monoisotopic (exact) mass is 207 g/mol. The summed E-state index contributed by atoms with van der Waals surface area (Å²) in [5, 5.41) is 3.16. The Kier molecular flexibility index (Phi) is 4.24. The topological polar surface area (TPSA) is 68.0 Å². The van der Waals surface area contributed by atoms with Crippen molar-refractivity contribution in [3.05, 3.63) is 29.6 Å². The number of hydrogen-bond acceptors (Lipinski definition) is 3. The lowest BCUT2D eigenvalue weighted by atomic mass is 10.1. The zero-order valence-electron chi connectivity index (χ0n) is 9.16. The van der Waals surface area contributed by atoms with Crippen LogP contribution in [0.2, 0.25) is 0 Å². The molecule has 0 saturated heterocycles. The lowest BCUT2D eigenvalue weighted by Crippen LogP contribution is -2.30. The Morgan fingerprint density at radius 2 is 2.33 bits per heavy atom. The number of carbonyl (C=O) groups is 1. The predicted molar refractivity (Wildman–Crippen MR) is 59.0 cm³/mol. The second-order valence-corrected chi connectivity index (χ2v) is 3.74. The summed E-state index contributed by atoms with van der Waals surface area (Å²) >= 11 is 0. The molecule has 1 rings (SSSR count). The van der Waals surface area contributed by atoms with Crippen LogP contribution in [0.15, 0.2) is 18.3 Å². The number of nitrogens with two attached hydrogens (primary N) is 1. The summed E-state index contributed by atoms with van der Waals surface area (Å²) in [7, 11) is 0. The van der Waals surface area contributed by atoms with Crippen LogP contribution in [0.5, 0.6) is 0 Å². The smallest absolute Gasteiger partial charge is 0.221 e. The molecule has 0 radical (unpaired) electrons. The Balaban J connectivity index is 2.32. The van der Waals surface area contributed by atoms with E-state index in [4.69, 9.17) is 5.73 Å². The number of nitrogens with one attached hydrogen (secondary N) is 1. The van der Waals surface area contributed by atoms with Gasteiger partial charge in [-0.3, -0.25) is 9.78 Å². The average Bonchev–Trinajstić information content (AvgIpc) is 2.20. The van der Waals surface area contributed by atoms with E-state index in [-0.39, 0.29) is 11.8 Å². The van der Waals surface area contributed by atoms with Gasteiger partial charge in [0.05, 0.1) is 0 Å². The first-order valence-corrected chi connectivity index (χ1v) is 5.01. The molecule has 82 valence electrons. The van der Waals surface area contributed by atoms with Gasteiger partial charge < -0.3 is 11.1 Å². The van der Waals surface area contributed by atoms with E-state index in [0.717, 1.165) is 11.3 Å². The predicted octanol–water partition coefficient (Wildman–Crippen LogP) is 0.601. The lowest BCUT2D eigenvalue weighted by molar-refractivity contribution is -0.121. The van der Waals surface area contributed by atoms with Crippen LogP contribution in [-0.2, 0) is 11.3 Å². The highest BCUT2D eigenvalue weighted by atomic mass is 16.1. The first kappa shape index (κ1) is 11.7. The van der Waals surface area contributed by atoms with E-state index >= 15 is 0 Å². The van der Waals surface area contributed by atoms with Crippen molar-refractivity contribution in [2.75, 3.05) is 6.54 Å². The summed E-state index contributed by atoms with van der Waals surface area (Å²) in [5.74, 6) is -0.409. The fraction of sp³-hybridized carbons (Fsp3) is 0.455. The second-order valence-electron chi connectivity index (χ2n) is 3.74. The molecule has 0 spiro atoms. The number of amides is 1. The van der Waals surface area contributed by atoms with Crippen molar-refractivity contribution < 1.29 is 4.79 Å².